The molecular formula is C13H29NO4. The lowest BCUT2D eigenvalue weighted by Crippen LogP contribution is -2.37. The molecule has 110 valence electrons. The molecule has 2 N–H and O–H groups in total. The summed E-state index contributed by atoms with van der Waals surface area (Å²) in [6.07, 6.45) is 0.525. The molecule has 5 nitrogen and oxygen atoms in total. The van der Waals surface area contributed by atoms with Crippen molar-refractivity contribution >= 4 is 0 Å². The first-order valence-corrected chi connectivity index (χ1v) is 6.46. The number of hydrogen-bond acceptors (Lipinski definition) is 5. The number of rotatable bonds is 12. The molecule has 0 aromatic carbocycles. The van der Waals surface area contributed by atoms with Crippen LogP contribution in [0, 0.1) is 5.41 Å². The summed E-state index contributed by atoms with van der Waals surface area (Å²) < 4.78 is 15.2. The van der Waals surface area contributed by atoms with Crippen molar-refractivity contribution < 1.29 is 19.3 Å². The van der Waals surface area contributed by atoms with Crippen LogP contribution in [0.15, 0.2) is 0 Å². The molecule has 1 atom stereocenters. The molecule has 0 aromatic rings. The zero-order valence-electron chi connectivity index (χ0n) is 12.2. The molecule has 0 saturated heterocycles. The van der Waals surface area contributed by atoms with E-state index in [0.717, 1.165) is 19.6 Å². The second-order valence-corrected chi connectivity index (χ2v) is 5.26. The third kappa shape index (κ3) is 10.9. The molecule has 1 unspecified atom stereocenters. The summed E-state index contributed by atoms with van der Waals surface area (Å²) in [7, 11) is 3.34. The topological polar surface area (TPSA) is 60.0 Å². The number of methoxy groups -OCH3 is 2. The first-order valence-electron chi connectivity index (χ1n) is 6.46. The van der Waals surface area contributed by atoms with Crippen molar-refractivity contribution in [2.75, 3.05) is 53.7 Å². The van der Waals surface area contributed by atoms with Crippen LogP contribution in [0.5, 0.6) is 0 Å². The molecule has 0 fully saturated rings. The highest BCUT2D eigenvalue weighted by Crippen LogP contribution is 2.18. The number of aliphatic hydroxyl groups excluding tert-OH is 1. The summed E-state index contributed by atoms with van der Waals surface area (Å²) in [6.45, 7) is 7.94. The largest absolute Gasteiger partial charge is 0.389 e. The van der Waals surface area contributed by atoms with Gasteiger partial charge in [-0.3, -0.25) is 0 Å². The maximum absolute atomic E-state index is 9.67. The van der Waals surface area contributed by atoms with E-state index in [4.69, 9.17) is 14.2 Å². The molecule has 18 heavy (non-hydrogen) atoms. The Balaban J connectivity index is 3.51. The van der Waals surface area contributed by atoms with Gasteiger partial charge >= 0.3 is 0 Å². The van der Waals surface area contributed by atoms with Gasteiger partial charge in [-0.2, -0.15) is 0 Å². The van der Waals surface area contributed by atoms with Gasteiger partial charge in [0.2, 0.25) is 0 Å². The molecule has 0 spiro atoms. The number of aliphatic hydroxyl groups is 1. The smallest absolute Gasteiger partial charge is 0.0897 e. The predicted molar refractivity (Wildman–Crippen MR) is 71.8 cm³/mol. The normalized spacial score (nSPS) is 13.8. The van der Waals surface area contributed by atoms with Gasteiger partial charge in [0.25, 0.3) is 0 Å². The maximum atomic E-state index is 9.67. The molecule has 0 radical (unpaired) electrons. The third-order valence-electron chi connectivity index (χ3n) is 2.71. The van der Waals surface area contributed by atoms with Crippen LogP contribution in [0.1, 0.15) is 20.3 Å². The van der Waals surface area contributed by atoms with E-state index in [0.29, 0.717) is 26.4 Å². The zero-order valence-corrected chi connectivity index (χ0v) is 12.2. The SMILES string of the molecule is COCCOCC(O)CNCC(C)(C)CCOC. The van der Waals surface area contributed by atoms with E-state index >= 15 is 0 Å². The van der Waals surface area contributed by atoms with Crippen molar-refractivity contribution in [3.8, 4) is 0 Å². The lowest BCUT2D eigenvalue weighted by atomic mass is 9.90. The van der Waals surface area contributed by atoms with Crippen LogP contribution in [0.3, 0.4) is 0 Å². The summed E-state index contributed by atoms with van der Waals surface area (Å²) in [5.74, 6) is 0. The minimum atomic E-state index is -0.472. The second-order valence-electron chi connectivity index (χ2n) is 5.26. The third-order valence-corrected chi connectivity index (χ3v) is 2.71. The first-order chi connectivity index (χ1) is 8.52. The second kappa shape index (κ2) is 10.7. The zero-order chi connectivity index (χ0) is 13.9. The van der Waals surface area contributed by atoms with Gasteiger partial charge < -0.3 is 24.6 Å². The van der Waals surface area contributed by atoms with Crippen molar-refractivity contribution in [3.63, 3.8) is 0 Å². The van der Waals surface area contributed by atoms with Crippen LogP contribution in [0.25, 0.3) is 0 Å². The Morgan fingerprint density at radius 2 is 1.78 bits per heavy atom. The van der Waals surface area contributed by atoms with Crippen molar-refractivity contribution in [2.24, 2.45) is 5.41 Å². The van der Waals surface area contributed by atoms with Crippen LogP contribution in [-0.2, 0) is 14.2 Å². The van der Waals surface area contributed by atoms with Crippen LogP contribution in [0.4, 0.5) is 0 Å². The Morgan fingerprint density at radius 1 is 1.11 bits per heavy atom. The lowest BCUT2D eigenvalue weighted by Gasteiger charge is -2.25. The van der Waals surface area contributed by atoms with Gasteiger partial charge in [0.15, 0.2) is 0 Å². The Hall–Kier alpha value is -0.200. The van der Waals surface area contributed by atoms with Gasteiger partial charge in [-0.25, -0.2) is 0 Å². The summed E-state index contributed by atoms with van der Waals surface area (Å²) in [6, 6.07) is 0. The molecule has 0 aliphatic carbocycles. The van der Waals surface area contributed by atoms with E-state index in [2.05, 4.69) is 19.2 Å². The van der Waals surface area contributed by atoms with Gasteiger partial charge in [-0.1, -0.05) is 13.8 Å². The quantitative estimate of drug-likeness (QED) is 0.507. The van der Waals surface area contributed by atoms with E-state index in [9.17, 15) is 5.11 Å². The highest BCUT2D eigenvalue weighted by molar-refractivity contribution is 4.72. The maximum Gasteiger partial charge on any atom is 0.0897 e. The van der Waals surface area contributed by atoms with Crippen molar-refractivity contribution in [2.45, 2.75) is 26.4 Å². The predicted octanol–water partition coefficient (Wildman–Crippen LogP) is 0.663. The van der Waals surface area contributed by atoms with Gasteiger partial charge in [0, 0.05) is 33.9 Å². The molecule has 0 saturated carbocycles. The van der Waals surface area contributed by atoms with Crippen molar-refractivity contribution in [1.29, 1.82) is 0 Å². The monoisotopic (exact) mass is 263 g/mol. The van der Waals surface area contributed by atoms with Crippen molar-refractivity contribution in [3.05, 3.63) is 0 Å². The van der Waals surface area contributed by atoms with E-state index in [1.54, 1.807) is 14.2 Å². The fourth-order valence-corrected chi connectivity index (χ4v) is 1.46. The van der Waals surface area contributed by atoms with Gasteiger partial charge in [-0.05, 0) is 11.8 Å². The van der Waals surface area contributed by atoms with Crippen LogP contribution < -0.4 is 5.32 Å². The molecule has 0 heterocycles. The molecule has 0 aliphatic rings. The first kappa shape index (κ1) is 17.8. The molecule has 0 bridgehead atoms. The average molecular weight is 263 g/mol. The average Bonchev–Trinajstić information content (AvgIpc) is 2.32. The van der Waals surface area contributed by atoms with Gasteiger partial charge in [0.1, 0.15) is 0 Å². The Kier molecular flexibility index (Phi) is 10.6. The Bertz CT molecular complexity index is 188. The van der Waals surface area contributed by atoms with Crippen LogP contribution >= 0.6 is 0 Å². The van der Waals surface area contributed by atoms with E-state index in [1.807, 2.05) is 0 Å². The summed E-state index contributed by atoms with van der Waals surface area (Å²) in [5.41, 5.74) is 0.173. The van der Waals surface area contributed by atoms with E-state index in [1.165, 1.54) is 0 Å². The van der Waals surface area contributed by atoms with Crippen LogP contribution in [-0.4, -0.2) is 64.9 Å². The summed E-state index contributed by atoms with van der Waals surface area (Å²) in [4.78, 5) is 0. The van der Waals surface area contributed by atoms with Crippen molar-refractivity contribution in [1.82, 2.24) is 5.32 Å². The number of hydrogen-bond donors (Lipinski definition) is 2. The summed E-state index contributed by atoms with van der Waals surface area (Å²) >= 11 is 0. The minimum absolute atomic E-state index is 0.173. The van der Waals surface area contributed by atoms with Gasteiger partial charge in [0.05, 0.1) is 25.9 Å². The molecule has 0 amide bonds. The molecule has 5 heteroatoms. The van der Waals surface area contributed by atoms with E-state index in [-0.39, 0.29) is 5.41 Å². The van der Waals surface area contributed by atoms with Crippen LogP contribution in [0.2, 0.25) is 0 Å². The standard InChI is InChI=1S/C13H29NO4/c1-13(2,5-6-16-3)11-14-9-12(15)10-18-8-7-17-4/h12,14-15H,5-11H2,1-4H3. The lowest BCUT2D eigenvalue weighted by molar-refractivity contribution is 0.0129. The number of nitrogens with one attached hydrogen (secondary N) is 1. The minimum Gasteiger partial charge on any atom is -0.389 e. The molecule has 0 aliphatic heterocycles. The fourth-order valence-electron chi connectivity index (χ4n) is 1.46. The molecule has 0 rings (SSSR count). The molecular weight excluding hydrogens is 234 g/mol. The Morgan fingerprint density at radius 3 is 2.39 bits per heavy atom. The number of ether oxygens (including phenoxy) is 3. The highest BCUT2D eigenvalue weighted by atomic mass is 16.5. The van der Waals surface area contributed by atoms with Gasteiger partial charge in [-0.15, -0.1) is 0 Å². The fraction of sp³-hybridized carbons (Fsp3) is 1.00. The van der Waals surface area contributed by atoms with E-state index < -0.39 is 6.10 Å². The summed E-state index contributed by atoms with van der Waals surface area (Å²) in [5, 5.41) is 12.9. The highest BCUT2D eigenvalue weighted by Gasteiger charge is 2.17. The molecule has 0 aromatic heterocycles. The Labute approximate surface area is 111 Å².